The van der Waals surface area contributed by atoms with Crippen LogP contribution in [0.1, 0.15) is 11.8 Å². The van der Waals surface area contributed by atoms with Crippen molar-refractivity contribution in [1.29, 1.82) is 0 Å². The lowest BCUT2D eigenvalue weighted by Gasteiger charge is -2.20. The number of aromatic amines is 1. The molecule has 0 aromatic carbocycles. The summed E-state index contributed by atoms with van der Waals surface area (Å²) in [6.07, 6.45) is -5.40. The van der Waals surface area contributed by atoms with Crippen LogP contribution in [-0.4, -0.2) is 54.1 Å². The Hall–Kier alpha value is -1.75. The summed E-state index contributed by atoms with van der Waals surface area (Å²) in [4.78, 5) is 22.2. The molecule has 0 aliphatic carbocycles. The number of aliphatic hydroxyl groups excluding tert-OH is 4. The van der Waals surface area contributed by atoms with Crippen molar-refractivity contribution in [3.63, 3.8) is 0 Å². The highest BCUT2D eigenvalue weighted by Gasteiger charge is 2.29. The fourth-order valence-corrected chi connectivity index (χ4v) is 1.10. The van der Waals surface area contributed by atoms with Crippen molar-refractivity contribution in [1.82, 2.24) is 14.9 Å². The lowest BCUT2D eigenvalue weighted by Crippen LogP contribution is -2.46. The van der Waals surface area contributed by atoms with Crippen LogP contribution in [0.2, 0.25) is 0 Å². The smallest absolute Gasteiger partial charge is 0.363 e. The van der Waals surface area contributed by atoms with Crippen LogP contribution in [0.25, 0.3) is 0 Å². The first-order chi connectivity index (χ1) is 7.90. The molecule has 0 saturated heterocycles. The number of nitrogens with one attached hydrogen (secondary N) is 1. The molecule has 0 fully saturated rings. The van der Waals surface area contributed by atoms with E-state index in [0.717, 1.165) is 0 Å². The molecule has 1 aromatic heterocycles. The van der Waals surface area contributed by atoms with Gasteiger partial charge in [-0.25, -0.2) is 9.89 Å². The van der Waals surface area contributed by atoms with Gasteiger partial charge in [0.05, 0.1) is 6.61 Å². The van der Waals surface area contributed by atoms with Crippen LogP contribution < -0.4 is 17.1 Å². The molecule has 0 bridgehead atoms. The molecule has 0 amide bonds. The van der Waals surface area contributed by atoms with Crippen LogP contribution in [0, 0.1) is 0 Å². The molecule has 1 rings (SSSR count). The van der Waals surface area contributed by atoms with E-state index in [9.17, 15) is 19.8 Å². The van der Waals surface area contributed by atoms with Crippen LogP contribution in [0.15, 0.2) is 9.59 Å². The van der Waals surface area contributed by atoms with E-state index in [1.54, 1.807) is 0 Å². The van der Waals surface area contributed by atoms with Gasteiger partial charge in [-0.05, 0) is 0 Å². The molecule has 0 spiro atoms. The number of H-pyrrole nitrogens is 1. The Labute approximate surface area is 93.5 Å². The third kappa shape index (κ3) is 2.50. The summed E-state index contributed by atoms with van der Waals surface area (Å²) in [5.74, 6) is 5.05. The van der Waals surface area contributed by atoms with Gasteiger partial charge >= 0.3 is 5.69 Å². The molecule has 0 radical (unpaired) electrons. The topological polar surface area (TPSA) is 175 Å². The Morgan fingerprint density at radius 1 is 1.35 bits per heavy atom. The molecular formula is C7H12N4O6. The zero-order chi connectivity index (χ0) is 13.2. The van der Waals surface area contributed by atoms with Crippen molar-refractivity contribution in [3.8, 4) is 0 Å². The van der Waals surface area contributed by atoms with Crippen molar-refractivity contribution in [2.75, 3.05) is 12.4 Å². The van der Waals surface area contributed by atoms with Crippen molar-refractivity contribution in [2.24, 2.45) is 0 Å². The van der Waals surface area contributed by atoms with E-state index in [1.807, 2.05) is 5.10 Å². The van der Waals surface area contributed by atoms with Gasteiger partial charge in [0.2, 0.25) is 0 Å². The van der Waals surface area contributed by atoms with Crippen molar-refractivity contribution in [2.45, 2.75) is 18.3 Å². The summed E-state index contributed by atoms with van der Waals surface area (Å²) in [6, 6.07) is 0. The van der Waals surface area contributed by atoms with Crippen LogP contribution >= 0.6 is 0 Å². The molecule has 7 N–H and O–H groups in total. The number of nitrogens with two attached hydrogens (primary N) is 1. The summed E-state index contributed by atoms with van der Waals surface area (Å²) in [7, 11) is 0. The Kier molecular flexibility index (Phi) is 3.96. The predicted octanol–water partition coefficient (Wildman–Crippen LogP) is -4.61. The van der Waals surface area contributed by atoms with Gasteiger partial charge in [0.1, 0.15) is 18.3 Å². The van der Waals surface area contributed by atoms with Gasteiger partial charge in [0, 0.05) is 0 Å². The highest BCUT2D eigenvalue weighted by Crippen LogP contribution is 2.12. The first-order valence-corrected chi connectivity index (χ1v) is 4.52. The van der Waals surface area contributed by atoms with E-state index in [-0.39, 0.29) is 4.68 Å². The Morgan fingerprint density at radius 2 is 1.94 bits per heavy atom. The second-order valence-corrected chi connectivity index (χ2v) is 3.27. The van der Waals surface area contributed by atoms with Crippen molar-refractivity contribution >= 4 is 0 Å². The molecule has 1 aromatic rings. The second-order valence-electron chi connectivity index (χ2n) is 3.27. The van der Waals surface area contributed by atoms with Gasteiger partial charge in [-0.3, -0.25) is 4.79 Å². The summed E-state index contributed by atoms with van der Waals surface area (Å²) < 4.78 is 0.156. The minimum absolute atomic E-state index is 0.156. The average Bonchev–Trinajstić information content (AvgIpc) is 2.33. The van der Waals surface area contributed by atoms with E-state index in [4.69, 9.17) is 16.1 Å². The summed E-state index contributed by atoms with van der Waals surface area (Å²) in [5.41, 5.74) is -2.76. The molecule has 10 heteroatoms. The summed E-state index contributed by atoms with van der Waals surface area (Å²) in [6.45, 7) is -0.821. The maximum atomic E-state index is 11.4. The minimum atomic E-state index is -1.89. The van der Waals surface area contributed by atoms with E-state index in [2.05, 4.69) is 5.10 Å². The quantitative estimate of drug-likeness (QED) is 0.288. The van der Waals surface area contributed by atoms with Crippen LogP contribution in [0.5, 0.6) is 0 Å². The maximum absolute atomic E-state index is 11.4. The molecule has 0 unspecified atom stereocenters. The van der Waals surface area contributed by atoms with Gasteiger partial charge in [-0.15, -0.1) is 0 Å². The predicted molar refractivity (Wildman–Crippen MR) is 53.3 cm³/mol. The first-order valence-electron chi connectivity index (χ1n) is 4.52. The Bertz CT molecular complexity index is 496. The van der Waals surface area contributed by atoms with Gasteiger partial charge in [0.15, 0.2) is 5.69 Å². The SMILES string of the molecule is Nn1c(=O)[nH]nc([C@H](O)[C@H](O)[C@@H](O)CO)c1=O. The minimum Gasteiger partial charge on any atom is -0.394 e. The van der Waals surface area contributed by atoms with Gasteiger partial charge in [0.25, 0.3) is 5.56 Å². The number of nitrogens with zero attached hydrogens (tertiary/aromatic N) is 2. The molecular weight excluding hydrogens is 236 g/mol. The molecule has 3 atom stereocenters. The standard InChI is InChI=1S/C7H12N4O6/c8-11-6(16)3(9-10-7(11)17)5(15)4(14)2(13)1-12/h2,4-5,12-15H,1,8H2,(H,10,17)/t2-,4+,5-/m0/s1. The van der Waals surface area contributed by atoms with Gasteiger partial charge in [-0.1, -0.05) is 0 Å². The molecule has 10 nitrogen and oxygen atoms in total. The Balaban J connectivity index is 3.14. The zero-order valence-electron chi connectivity index (χ0n) is 8.52. The lowest BCUT2D eigenvalue weighted by molar-refractivity contribution is -0.0797. The van der Waals surface area contributed by atoms with E-state index in [1.165, 1.54) is 0 Å². The van der Waals surface area contributed by atoms with Gasteiger partial charge in [-0.2, -0.15) is 9.77 Å². The van der Waals surface area contributed by atoms with Crippen LogP contribution in [-0.2, 0) is 0 Å². The molecule has 0 aliphatic rings. The largest absolute Gasteiger partial charge is 0.394 e. The van der Waals surface area contributed by atoms with E-state index >= 15 is 0 Å². The number of aromatic nitrogens is 3. The fraction of sp³-hybridized carbons (Fsp3) is 0.571. The number of hydrogen-bond acceptors (Lipinski definition) is 8. The maximum Gasteiger partial charge on any atom is 0.363 e. The van der Waals surface area contributed by atoms with Crippen molar-refractivity contribution < 1.29 is 20.4 Å². The van der Waals surface area contributed by atoms with E-state index in [0.29, 0.717) is 0 Å². The Morgan fingerprint density at radius 3 is 2.47 bits per heavy atom. The second kappa shape index (κ2) is 5.05. The summed E-state index contributed by atoms with van der Waals surface area (Å²) >= 11 is 0. The van der Waals surface area contributed by atoms with Crippen molar-refractivity contribution in [3.05, 3.63) is 26.5 Å². The molecule has 96 valence electrons. The third-order valence-corrected chi connectivity index (χ3v) is 2.11. The number of aliphatic hydroxyl groups is 4. The fourth-order valence-electron chi connectivity index (χ4n) is 1.10. The van der Waals surface area contributed by atoms with E-state index < -0.39 is 41.9 Å². The molecule has 0 saturated carbocycles. The van der Waals surface area contributed by atoms with Crippen LogP contribution in [0.3, 0.4) is 0 Å². The first kappa shape index (κ1) is 13.3. The normalized spacial score (nSPS) is 16.5. The highest BCUT2D eigenvalue weighted by molar-refractivity contribution is 5.02. The van der Waals surface area contributed by atoms with Gasteiger partial charge < -0.3 is 26.3 Å². The molecule has 17 heavy (non-hydrogen) atoms. The lowest BCUT2D eigenvalue weighted by atomic mass is 10.1. The molecule has 0 aliphatic heterocycles. The number of nitrogen functional groups attached to an aromatic ring is 1. The monoisotopic (exact) mass is 248 g/mol. The summed E-state index contributed by atoms with van der Waals surface area (Å²) in [5, 5.41) is 41.5. The zero-order valence-corrected chi connectivity index (χ0v) is 8.52. The number of rotatable bonds is 4. The highest BCUT2D eigenvalue weighted by atomic mass is 16.4. The third-order valence-electron chi connectivity index (χ3n) is 2.11. The van der Waals surface area contributed by atoms with Crippen LogP contribution in [0.4, 0.5) is 0 Å². The number of hydrogen-bond donors (Lipinski definition) is 6. The molecule has 1 heterocycles. The average molecular weight is 248 g/mol.